The third-order valence-corrected chi connectivity index (χ3v) is 3.50. The molecule has 1 aromatic rings. The van der Waals surface area contributed by atoms with Gasteiger partial charge in [-0.25, -0.2) is 0 Å². The summed E-state index contributed by atoms with van der Waals surface area (Å²) >= 11 is 7.41. The van der Waals surface area contributed by atoms with Gasteiger partial charge in [-0.2, -0.15) is 0 Å². The lowest BCUT2D eigenvalue weighted by Crippen LogP contribution is -2.16. The second kappa shape index (κ2) is 6.23. The minimum atomic E-state index is -0.504. The number of hydrogen-bond acceptors (Lipinski definition) is 4. The number of nitrogen functional groups attached to an aromatic ring is 1. The van der Waals surface area contributed by atoms with Crippen LogP contribution in [0.4, 0.5) is 5.69 Å². The van der Waals surface area contributed by atoms with Gasteiger partial charge in [-0.3, -0.25) is 0 Å². The van der Waals surface area contributed by atoms with Crippen molar-refractivity contribution in [1.29, 1.82) is 0 Å². The highest BCUT2D eigenvalue weighted by Crippen LogP contribution is 2.32. The molecule has 1 atom stereocenters. The number of aliphatic hydroxyl groups is 1. The van der Waals surface area contributed by atoms with Gasteiger partial charge >= 0.3 is 0 Å². The number of thioether (sulfide) groups is 1. The smallest absolute Gasteiger partial charge is 0.0867 e. The number of methoxy groups -OCH3 is 1. The van der Waals surface area contributed by atoms with Crippen LogP contribution in [-0.4, -0.2) is 30.7 Å². The van der Waals surface area contributed by atoms with Crippen LogP contribution < -0.4 is 5.73 Å². The van der Waals surface area contributed by atoms with E-state index < -0.39 is 6.10 Å². The van der Waals surface area contributed by atoms with Gasteiger partial charge in [0.1, 0.15) is 0 Å². The molecular weight excluding hydrogens is 234 g/mol. The fourth-order valence-corrected chi connectivity index (χ4v) is 2.34. The number of benzene rings is 1. The fourth-order valence-electron chi connectivity index (χ4n) is 1.10. The number of anilines is 1. The van der Waals surface area contributed by atoms with Crippen LogP contribution in [0.25, 0.3) is 0 Å². The maximum atomic E-state index is 9.46. The Kier molecular flexibility index (Phi) is 5.25. The summed E-state index contributed by atoms with van der Waals surface area (Å²) in [5, 5.41) is 10.1. The lowest BCUT2D eigenvalue weighted by Gasteiger charge is -2.11. The molecule has 1 aromatic carbocycles. The molecule has 0 radical (unpaired) electrons. The molecule has 0 spiro atoms. The van der Waals surface area contributed by atoms with Crippen molar-refractivity contribution in [3.05, 3.63) is 23.2 Å². The second-order valence-electron chi connectivity index (χ2n) is 3.08. The molecule has 0 fully saturated rings. The largest absolute Gasteiger partial charge is 0.398 e. The number of nitrogens with two attached hydrogens (primary N) is 1. The molecule has 0 bridgehead atoms. The Labute approximate surface area is 98.6 Å². The number of aliphatic hydroxyl groups excluding tert-OH is 1. The molecule has 3 N–H and O–H groups in total. The Morgan fingerprint density at radius 1 is 1.60 bits per heavy atom. The van der Waals surface area contributed by atoms with Crippen LogP contribution in [0.15, 0.2) is 23.1 Å². The molecule has 0 aliphatic heterocycles. The molecule has 1 rings (SSSR count). The van der Waals surface area contributed by atoms with E-state index in [0.29, 0.717) is 23.1 Å². The van der Waals surface area contributed by atoms with Crippen molar-refractivity contribution in [3.8, 4) is 0 Å². The molecule has 0 heterocycles. The first-order chi connectivity index (χ1) is 7.15. The second-order valence-corrected chi connectivity index (χ2v) is 4.52. The number of halogens is 1. The van der Waals surface area contributed by atoms with Crippen LogP contribution in [0.2, 0.25) is 5.02 Å². The molecule has 0 aromatic heterocycles. The predicted octanol–water partition coefficient (Wildman–Crippen LogP) is 2.02. The molecule has 5 heteroatoms. The van der Waals surface area contributed by atoms with Gasteiger partial charge in [-0.1, -0.05) is 17.7 Å². The SMILES string of the molecule is COCC(O)CSc1c(N)cccc1Cl. The van der Waals surface area contributed by atoms with Gasteiger partial charge in [-0.05, 0) is 12.1 Å². The van der Waals surface area contributed by atoms with E-state index >= 15 is 0 Å². The molecular formula is C10H14ClNO2S. The topological polar surface area (TPSA) is 55.5 Å². The summed E-state index contributed by atoms with van der Waals surface area (Å²) in [4.78, 5) is 0.814. The molecule has 1 unspecified atom stereocenters. The van der Waals surface area contributed by atoms with Crippen molar-refractivity contribution in [3.63, 3.8) is 0 Å². The first-order valence-corrected chi connectivity index (χ1v) is 5.85. The highest BCUT2D eigenvalue weighted by Gasteiger charge is 2.09. The zero-order chi connectivity index (χ0) is 11.3. The summed E-state index contributed by atoms with van der Waals surface area (Å²) in [6.45, 7) is 0.317. The van der Waals surface area contributed by atoms with Crippen molar-refractivity contribution in [2.24, 2.45) is 0 Å². The molecule has 0 saturated heterocycles. The van der Waals surface area contributed by atoms with Crippen molar-refractivity contribution in [2.45, 2.75) is 11.0 Å². The van der Waals surface area contributed by atoms with E-state index in [-0.39, 0.29) is 0 Å². The summed E-state index contributed by atoms with van der Waals surface area (Å²) < 4.78 is 4.82. The highest BCUT2D eigenvalue weighted by molar-refractivity contribution is 7.99. The molecule has 0 saturated carbocycles. The molecule has 0 aliphatic rings. The lowest BCUT2D eigenvalue weighted by atomic mass is 10.3. The first kappa shape index (κ1) is 12.6. The van der Waals surface area contributed by atoms with Crippen molar-refractivity contribution in [1.82, 2.24) is 0 Å². The van der Waals surface area contributed by atoms with Crippen molar-refractivity contribution < 1.29 is 9.84 Å². The van der Waals surface area contributed by atoms with Gasteiger partial charge in [0.25, 0.3) is 0 Å². The summed E-state index contributed by atoms with van der Waals surface area (Å²) in [6, 6.07) is 5.37. The maximum absolute atomic E-state index is 9.46. The van der Waals surface area contributed by atoms with Crippen molar-refractivity contribution in [2.75, 3.05) is 25.2 Å². The lowest BCUT2D eigenvalue weighted by molar-refractivity contribution is 0.0794. The van der Waals surface area contributed by atoms with Crippen molar-refractivity contribution >= 4 is 29.1 Å². The van der Waals surface area contributed by atoms with Crippen LogP contribution in [0, 0.1) is 0 Å². The van der Waals surface area contributed by atoms with Gasteiger partial charge in [-0.15, -0.1) is 11.8 Å². The van der Waals surface area contributed by atoms with E-state index in [4.69, 9.17) is 22.1 Å². The van der Waals surface area contributed by atoms with Gasteiger partial charge in [0.2, 0.25) is 0 Å². The standard InChI is InChI=1S/C10H14ClNO2S/c1-14-5-7(13)6-15-10-8(11)3-2-4-9(10)12/h2-4,7,13H,5-6,12H2,1H3. The number of rotatable bonds is 5. The Balaban J connectivity index is 2.57. The van der Waals surface area contributed by atoms with Gasteiger partial charge < -0.3 is 15.6 Å². The Bertz CT molecular complexity index is 302. The van der Waals surface area contributed by atoms with Crippen LogP contribution in [0.1, 0.15) is 0 Å². The summed E-state index contributed by atoms with van der Waals surface area (Å²) in [6.07, 6.45) is -0.504. The average Bonchev–Trinajstić information content (AvgIpc) is 2.17. The van der Waals surface area contributed by atoms with Gasteiger partial charge in [0.15, 0.2) is 0 Å². The maximum Gasteiger partial charge on any atom is 0.0867 e. The van der Waals surface area contributed by atoms with E-state index in [1.54, 1.807) is 25.3 Å². The summed E-state index contributed by atoms with van der Waals surface area (Å²) in [5.74, 6) is 0.516. The monoisotopic (exact) mass is 247 g/mol. The highest BCUT2D eigenvalue weighted by atomic mass is 35.5. The van der Waals surface area contributed by atoms with E-state index in [1.165, 1.54) is 11.8 Å². The first-order valence-electron chi connectivity index (χ1n) is 4.49. The minimum Gasteiger partial charge on any atom is -0.398 e. The van der Waals surface area contributed by atoms with E-state index in [9.17, 15) is 5.11 Å². The average molecular weight is 248 g/mol. The molecule has 0 amide bonds. The molecule has 0 aliphatic carbocycles. The zero-order valence-electron chi connectivity index (χ0n) is 8.44. The van der Waals surface area contributed by atoms with Crippen LogP contribution in [-0.2, 0) is 4.74 Å². The summed E-state index contributed by atoms with van der Waals surface area (Å²) in [5.41, 5.74) is 6.40. The normalized spacial score (nSPS) is 12.7. The zero-order valence-corrected chi connectivity index (χ0v) is 10.0. The Morgan fingerprint density at radius 3 is 2.93 bits per heavy atom. The van der Waals surface area contributed by atoms with E-state index in [2.05, 4.69) is 0 Å². The Hall–Kier alpha value is -0.420. The predicted molar refractivity (Wildman–Crippen MR) is 64.5 cm³/mol. The third kappa shape index (κ3) is 3.91. The van der Waals surface area contributed by atoms with Gasteiger partial charge in [0.05, 0.1) is 17.7 Å². The van der Waals surface area contributed by atoms with E-state index in [0.717, 1.165) is 4.90 Å². The van der Waals surface area contributed by atoms with Gasteiger partial charge in [0, 0.05) is 23.4 Å². The third-order valence-electron chi connectivity index (χ3n) is 1.78. The molecule has 84 valence electrons. The number of hydrogen-bond donors (Lipinski definition) is 2. The molecule has 3 nitrogen and oxygen atoms in total. The molecule has 15 heavy (non-hydrogen) atoms. The van der Waals surface area contributed by atoms with Crippen LogP contribution >= 0.6 is 23.4 Å². The Morgan fingerprint density at radius 2 is 2.33 bits per heavy atom. The quantitative estimate of drug-likeness (QED) is 0.618. The van der Waals surface area contributed by atoms with E-state index in [1.807, 2.05) is 0 Å². The summed E-state index contributed by atoms with van der Waals surface area (Å²) in [7, 11) is 1.55. The minimum absolute atomic E-state index is 0.317. The number of ether oxygens (including phenoxy) is 1. The van der Waals surface area contributed by atoms with Crippen LogP contribution in [0.3, 0.4) is 0 Å². The van der Waals surface area contributed by atoms with Crippen LogP contribution in [0.5, 0.6) is 0 Å². The fraction of sp³-hybridized carbons (Fsp3) is 0.400.